The van der Waals surface area contributed by atoms with E-state index in [1.807, 2.05) is 32.1 Å². The molecule has 1 aromatic rings. The van der Waals surface area contributed by atoms with Gasteiger partial charge < -0.3 is 15.2 Å². The maximum Gasteiger partial charge on any atom is 0.338 e. The number of benzene rings is 1. The zero-order valence-corrected chi connectivity index (χ0v) is 13.3. The Morgan fingerprint density at radius 1 is 1.39 bits per heavy atom. The van der Waals surface area contributed by atoms with Crippen LogP contribution in [0.25, 0.3) is 0 Å². The molecule has 0 unspecified atom stereocenters. The first-order valence-electron chi connectivity index (χ1n) is 7.94. The van der Waals surface area contributed by atoms with Crippen molar-refractivity contribution in [1.82, 2.24) is 0 Å². The third-order valence-electron chi connectivity index (χ3n) is 4.41. The number of anilines is 1. The summed E-state index contributed by atoms with van der Waals surface area (Å²) in [6.07, 6.45) is 4.80. The van der Waals surface area contributed by atoms with Crippen LogP contribution in [0.2, 0.25) is 0 Å². The van der Waals surface area contributed by atoms with E-state index in [-0.39, 0.29) is 23.7 Å². The normalized spacial score (nSPS) is 24.7. The van der Waals surface area contributed by atoms with Gasteiger partial charge in [0, 0.05) is 17.5 Å². The number of carbonyl (C=O) groups is 2. The zero-order chi connectivity index (χ0) is 16.6. The number of nitrogens with one attached hydrogen (secondary N) is 1. The standard InChI is InChI=1S/C18H21NO4/c1-10(2)9-23-18(22)11-6-7-15-14(8-11)12-4-3-5-13(12)16(19-15)17(20)21/h3-4,6-8,10,12-13,16,19H,5,9H2,1-2H3,(H,20,21)/t12-,13+,16-/m1/s1. The van der Waals surface area contributed by atoms with Gasteiger partial charge in [-0.2, -0.15) is 0 Å². The summed E-state index contributed by atoms with van der Waals surface area (Å²) in [4.78, 5) is 23.6. The Bertz CT molecular complexity index is 665. The molecule has 0 aromatic heterocycles. The summed E-state index contributed by atoms with van der Waals surface area (Å²) in [7, 11) is 0. The summed E-state index contributed by atoms with van der Waals surface area (Å²) in [5.41, 5.74) is 2.27. The van der Waals surface area contributed by atoms with Crippen molar-refractivity contribution >= 4 is 17.6 Å². The van der Waals surface area contributed by atoms with Gasteiger partial charge >= 0.3 is 11.9 Å². The number of hydrogen-bond donors (Lipinski definition) is 2. The van der Waals surface area contributed by atoms with Crippen LogP contribution < -0.4 is 5.32 Å². The Labute approximate surface area is 135 Å². The van der Waals surface area contributed by atoms with Gasteiger partial charge in [0.25, 0.3) is 0 Å². The summed E-state index contributed by atoms with van der Waals surface area (Å²) in [6.45, 7) is 4.37. The maximum atomic E-state index is 12.1. The molecule has 2 N–H and O–H groups in total. The van der Waals surface area contributed by atoms with Crippen LogP contribution in [-0.4, -0.2) is 29.7 Å². The van der Waals surface area contributed by atoms with E-state index >= 15 is 0 Å². The van der Waals surface area contributed by atoms with E-state index in [0.717, 1.165) is 17.7 Å². The Morgan fingerprint density at radius 3 is 2.87 bits per heavy atom. The summed E-state index contributed by atoms with van der Waals surface area (Å²) >= 11 is 0. The minimum absolute atomic E-state index is 0.0121. The van der Waals surface area contributed by atoms with E-state index in [4.69, 9.17) is 4.74 Å². The third-order valence-corrected chi connectivity index (χ3v) is 4.41. The van der Waals surface area contributed by atoms with Gasteiger partial charge in [0.2, 0.25) is 0 Å². The van der Waals surface area contributed by atoms with Crippen LogP contribution in [0.5, 0.6) is 0 Å². The molecule has 5 nitrogen and oxygen atoms in total. The fraction of sp³-hybridized carbons (Fsp3) is 0.444. The summed E-state index contributed by atoms with van der Waals surface area (Å²) in [6, 6.07) is 4.70. The van der Waals surface area contributed by atoms with E-state index in [0.29, 0.717) is 12.2 Å². The van der Waals surface area contributed by atoms with Gasteiger partial charge in [0.1, 0.15) is 6.04 Å². The zero-order valence-electron chi connectivity index (χ0n) is 13.3. The van der Waals surface area contributed by atoms with Crippen molar-refractivity contribution in [3.05, 3.63) is 41.5 Å². The molecule has 3 rings (SSSR count). The maximum absolute atomic E-state index is 12.1. The number of aliphatic carboxylic acids is 1. The van der Waals surface area contributed by atoms with Crippen molar-refractivity contribution in [3.63, 3.8) is 0 Å². The van der Waals surface area contributed by atoms with Crippen LogP contribution in [0.4, 0.5) is 5.69 Å². The van der Waals surface area contributed by atoms with Crippen molar-refractivity contribution in [2.45, 2.75) is 32.2 Å². The number of esters is 1. The summed E-state index contributed by atoms with van der Waals surface area (Å²) < 4.78 is 5.28. The molecular formula is C18H21NO4. The highest BCUT2D eigenvalue weighted by Crippen LogP contribution is 2.44. The van der Waals surface area contributed by atoms with Crippen molar-refractivity contribution in [1.29, 1.82) is 0 Å². The van der Waals surface area contributed by atoms with Crippen LogP contribution in [0.15, 0.2) is 30.4 Å². The van der Waals surface area contributed by atoms with E-state index in [2.05, 4.69) is 5.32 Å². The topological polar surface area (TPSA) is 75.6 Å². The molecule has 0 amide bonds. The smallest absolute Gasteiger partial charge is 0.338 e. The second kappa shape index (κ2) is 6.07. The lowest BCUT2D eigenvalue weighted by Gasteiger charge is -2.34. The minimum atomic E-state index is -0.838. The van der Waals surface area contributed by atoms with Crippen molar-refractivity contribution in [3.8, 4) is 0 Å². The average molecular weight is 315 g/mol. The van der Waals surface area contributed by atoms with Gasteiger partial charge in [-0.3, -0.25) is 0 Å². The largest absolute Gasteiger partial charge is 0.480 e. The molecule has 1 heterocycles. The molecule has 122 valence electrons. The molecule has 2 aliphatic rings. The molecule has 0 fully saturated rings. The number of carbonyl (C=O) groups excluding carboxylic acids is 1. The fourth-order valence-corrected chi connectivity index (χ4v) is 3.29. The number of ether oxygens (including phenoxy) is 1. The first-order chi connectivity index (χ1) is 11.0. The van der Waals surface area contributed by atoms with Crippen molar-refractivity contribution in [2.24, 2.45) is 11.8 Å². The Hall–Kier alpha value is -2.30. The van der Waals surface area contributed by atoms with E-state index in [1.54, 1.807) is 12.1 Å². The minimum Gasteiger partial charge on any atom is -0.480 e. The molecule has 5 heteroatoms. The van der Waals surface area contributed by atoms with Gasteiger partial charge in [-0.1, -0.05) is 26.0 Å². The highest BCUT2D eigenvalue weighted by molar-refractivity contribution is 5.91. The van der Waals surface area contributed by atoms with Crippen LogP contribution in [0, 0.1) is 11.8 Å². The number of carboxylic acid groups (broad SMARTS) is 1. The van der Waals surface area contributed by atoms with E-state index < -0.39 is 12.0 Å². The lowest BCUT2D eigenvalue weighted by molar-refractivity contribution is -0.139. The Balaban J connectivity index is 1.88. The molecule has 1 aliphatic carbocycles. The molecule has 3 atom stereocenters. The van der Waals surface area contributed by atoms with Crippen LogP contribution >= 0.6 is 0 Å². The van der Waals surface area contributed by atoms with Gasteiger partial charge in [-0.25, -0.2) is 9.59 Å². The van der Waals surface area contributed by atoms with Gasteiger partial charge in [-0.15, -0.1) is 0 Å². The number of hydrogen-bond acceptors (Lipinski definition) is 4. The molecular weight excluding hydrogens is 294 g/mol. The molecule has 0 bridgehead atoms. The summed E-state index contributed by atoms with van der Waals surface area (Å²) in [5.74, 6) is -0.862. The molecule has 0 spiro atoms. The molecule has 1 aliphatic heterocycles. The lowest BCUT2D eigenvalue weighted by atomic mass is 9.79. The quantitative estimate of drug-likeness (QED) is 0.660. The van der Waals surface area contributed by atoms with Gasteiger partial charge in [0.15, 0.2) is 0 Å². The van der Waals surface area contributed by atoms with Gasteiger partial charge in [-0.05, 0) is 36.1 Å². The second-order valence-electron chi connectivity index (χ2n) is 6.61. The second-order valence-corrected chi connectivity index (χ2v) is 6.61. The molecule has 0 saturated heterocycles. The third kappa shape index (κ3) is 2.96. The monoisotopic (exact) mass is 315 g/mol. The predicted molar refractivity (Wildman–Crippen MR) is 86.6 cm³/mol. The Morgan fingerprint density at radius 2 is 2.17 bits per heavy atom. The highest BCUT2D eigenvalue weighted by Gasteiger charge is 2.40. The molecule has 0 saturated carbocycles. The lowest BCUT2D eigenvalue weighted by Crippen LogP contribution is -2.41. The van der Waals surface area contributed by atoms with Crippen LogP contribution in [0.1, 0.15) is 42.1 Å². The number of carboxylic acids is 1. The molecule has 0 radical (unpaired) electrons. The highest BCUT2D eigenvalue weighted by atomic mass is 16.5. The van der Waals surface area contributed by atoms with Crippen molar-refractivity contribution < 1.29 is 19.4 Å². The number of rotatable bonds is 4. The first-order valence-corrected chi connectivity index (χ1v) is 7.94. The van der Waals surface area contributed by atoms with E-state index in [9.17, 15) is 14.7 Å². The molecule has 23 heavy (non-hydrogen) atoms. The van der Waals surface area contributed by atoms with Gasteiger partial charge in [0.05, 0.1) is 12.2 Å². The Kier molecular flexibility index (Phi) is 4.11. The van der Waals surface area contributed by atoms with Crippen LogP contribution in [0.3, 0.4) is 0 Å². The van der Waals surface area contributed by atoms with E-state index in [1.165, 1.54) is 0 Å². The summed E-state index contributed by atoms with van der Waals surface area (Å²) in [5, 5.41) is 12.5. The number of fused-ring (bicyclic) bond motifs is 3. The van der Waals surface area contributed by atoms with Crippen molar-refractivity contribution in [2.75, 3.05) is 11.9 Å². The SMILES string of the molecule is CC(C)COC(=O)c1ccc2c(c1)[C@@H]1C=CC[C@@H]1[C@H](C(=O)O)N2. The number of allylic oxidation sites excluding steroid dienone is 2. The fourth-order valence-electron chi connectivity index (χ4n) is 3.29. The van der Waals surface area contributed by atoms with Crippen LogP contribution in [-0.2, 0) is 9.53 Å². The first kappa shape index (κ1) is 15.6. The molecule has 1 aromatic carbocycles. The average Bonchev–Trinajstić information content (AvgIpc) is 3.00. The predicted octanol–water partition coefficient (Wildman–Crippen LogP) is 3.04.